The molecule has 0 spiro atoms. The highest BCUT2D eigenvalue weighted by Crippen LogP contribution is 2.35. The van der Waals surface area contributed by atoms with Crippen LogP contribution in [0.3, 0.4) is 0 Å². The Kier molecular flexibility index (Phi) is 4.64. The molecular weight excluding hydrogens is 336 g/mol. The molecule has 0 aliphatic carbocycles. The Morgan fingerprint density at radius 2 is 1.84 bits per heavy atom. The zero-order valence-corrected chi connectivity index (χ0v) is 15.9. The van der Waals surface area contributed by atoms with Gasteiger partial charge in [-0.1, -0.05) is 26.0 Å². The quantitative estimate of drug-likeness (QED) is 0.902. The van der Waals surface area contributed by atoms with Gasteiger partial charge in [0, 0.05) is 18.8 Å². The summed E-state index contributed by atoms with van der Waals surface area (Å²) in [6, 6.07) is 11.0. The second-order valence-electron chi connectivity index (χ2n) is 6.74. The first kappa shape index (κ1) is 17.6. The third-order valence-corrected chi connectivity index (χ3v) is 5.99. The Bertz CT molecular complexity index is 874. The van der Waals surface area contributed by atoms with Crippen molar-refractivity contribution in [3.05, 3.63) is 47.5 Å². The van der Waals surface area contributed by atoms with Gasteiger partial charge in [0.15, 0.2) is 0 Å². The molecule has 1 aliphatic rings. The number of sulfonamides is 1. The maximum atomic E-state index is 12.8. The predicted molar refractivity (Wildman–Crippen MR) is 101 cm³/mol. The van der Waals surface area contributed by atoms with Crippen molar-refractivity contribution < 1.29 is 13.2 Å². The lowest BCUT2D eigenvalue weighted by Crippen LogP contribution is -2.29. The number of aryl methyl sites for hydroxylation is 1. The maximum absolute atomic E-state index is 12.8. The molecule has 0 fully saturated rings. The Labute approximate surface area is 149 Å². The minimum atomic E-state index is -3.68. The minimum absolute atomic E-state index is 0.245. The fourth-order valence-electron chi connectivity index (χ4n) is 2.92. The number of benzene rings is 2. The fourth-order valence-corrected chi connectivity index (χ4v) is 4.22. The first-order chi connectivity index (χ1) is 11.8. The second-order valence-corrected chi connectivity index (χ2v) is 8.39. The van der Waals surface area contributed by atoms with E-state index in [-0.39, 0.29) is 4.90 Å². The fraction of sp³-hybridized carbons (Fsp3) is 0.368. The zero-order valence-electron chi connectivity index (χ0n) is 15.0. The summed E-state index contributed by atoms with van der Waals surface area (Å²) in [5.74, 6) is 1.01. The first-order valence-electron chi connectivity index (χ1n) is 8.39. The van der Waals surface area contributed by atoms with Crippen LogP contribution in [-0.4, -0.2) is 28.6 Å². The molecule has 0 atom stereocenters. The van der Waals surface area contributed by atoms with Gasteiger partial charge in [-0.3, -0.25) is 4.72 Å². The predicted octanol–water partition coefficient (Wildman–Crippen LogP) is 3.75. The largest absolute Gasteiger partial charge is 0.490 e. The molecule has 5 nitrogen and oxygen atoms in total. The molecule has 0 saturated heterocycles. The highest BCUT2D eigenvalue weighted by molar-refractivity contribution is 7.92. The van der Waals surface area contributed by atoms with Crippen LogP contribution < -0.4 is 14.4 Å². The van der Waals surface area contributed by atoms with Crippen LogP contribution in [0, 0.1) is 6.92 Å². The standard InChI is InChI=1S/C19H24N2O3S/c1-13(2)15-5-7-16(8-6-15)20-25(22,23)19-12-18-17(11-14(19)3)21(4)9-10-24-18/h5-8,11-13,20H,9-10H2,1-4H3. The molecular formula is C19H24N2O3S. The zero-order chi connectivity index (χ0) is 18.2. The number of fused-ring (bicyclic) bond motifs is 1. The summed E-state index contributed by atoms with van der Waals surface area (Å²) in [4.78, 5) is 2.31. The number of rotatable bonds is 4. The number of ether oxygens (including phenoxy) is 1. The van der Waals surface area contributed by atoms with Gasteiger partial charge >= 0.3 is 0 Å². The molecule has 2 aromatic carbocycles. The van der Waals surface area contributed by atoms with Crippen molar-refractivity contribution in [2.45, 2.75) is 31.6 Å². The lowest BCUT2D eigenvalue weighted by Gasteiger charge is -2.28. The van der Waals surface area contributed by atoms with Crippen LogP contribution in [-0.2, 0) is 10.0 Å². The Morgan fingerprint density at radius 3 is 2.48 bits per heavy atom. The molecule has 6 heteroatoms. The van der Waals surface area contributed by atoms with Crippen LogP contribution in [0.5, 0.6) is 5.75 Å². The topological polar surface area (TPSA) is 58.6 Å². The summed E-state index contributed by atoms with van der Waals surface area (Å²) in [6.07, 6.45) is 0. The minimum Gasteiger partial charge on any atom is -0.490 e. The number of anilines is 2. The number of likely N-dealkylation sites (N-methyl/N-ethyl adjacent to an activating group) is 1. The Hall–Kier alpha value is -2.21. The summed E-state index contributed by atoms with van der Waals surface area (Å²) in [5.41, 5.74) is 3.34. The molecule has 25 heavy (non-hydrogen) atoms. The van der Waals surface area contributed by atoms with Gasteiger partial charge < -0.3 is 9.64 Å². The van der Waals surface area contributed by atoms with E-state index < -0.39 is 10.0 Å². The van der Waals surface area contributed by atoms with Gasteiger partial charge in [0.2, 0.25) is 0 Å². The van der Waals surface area contributed by atoms with E-state index in [1.165, 1.54) is 5.56 Å². The monoisotopic (exact) mass is 360 g/mol. The van der Waals surface area contributed by atoms with Crippen molar-refractivity contribution in [2.24, 2.45) is 0 Å². The van der Waals surface area contributed by atoms with Crippen molar-refractivity contribution in [3.63, 3.8) is 0 Å². The van der Waals surface area contributed by atoms with E-state index in [0.29, 0.717) is 29.5 Å². The maximum Gasteiger partial charge on any atom is 0.262 e. The third-order valence-electron chi connectivity index (χ3n) is 4.47. The van der Waals surface area contributed by atoms with Gasteiger partial charge in [0.25, 0.3) is 10.0 Å². The molecule has 2 aromatic rings. The number of nitrogens with one attached hydrogen (secondary N) is 1. The highest BCUT2D eigenvalue weighted by Gasteiger charge is 2.23. The first-order valence-corrected chi connectivity index (χ1v) is 9.87. The smallest absolute Gasteiger partial charge is 0.262 e. The van der Waals surface area contributed by atoms with Gasteiger partial charge in [-0.2, -0.15) is 0 Å². The van der Waals surface area contributed by atoms with E-state index in [1.807, 2.05) is 25.2 Å². The summed E-state index contributed by atoms with van der Waals surface area (Å²) >= 11 is 0. The third kappa shape index (κ3) is 3.58. The lowest BCUT2D eigenvalue weighted by molar-refractivity contribution is 0.310. The van der Waals surface area contributed by atoms with Crippen molar-refractivity contribution in [1.82, 2.24) is 0 Å². The Balaban J connectivity index is 1.92. The lowest BCUT2D eigenvalue weighted by atomic mass is 10.0. The molecule has 0 aromatic heterocycles. The Morgan fingerprint density at radius 1 is 1.16 bits per heavy atom. The van der Waals surface area contributed by atoms with Crippen LogP contribution >= 0.6 is 0 Å². The van der Waals surface area contributed by atoms with Crippen molar-refractivity contribution in [1.29, 1.82) is 0 Å². The molecule has 1 N–H and O–H groups in total. The molecule has 134 valence electrons. The summed E-state index contributed by atoms with van der Waals surface area (Å²) < 4.78 is 34.0. The van der Waals surface area contributed by atoms with E-state index in [2.05, 4.69) is 23.5 Å². The van der Waals surface area contributed by atoms with Crippen molar-refractivity contribution in [3.8, 4) is 5.75 Å². The van der Waals surface area contributed by atoms with Crippen LogP contribution in [0.4, 0.5) is 11.4 Å². The average Bonchev–Trinajstić information content (AvgIpc) is 2.55. The molecule has 0 amide bonds. The van der Waals surface area contributed by atoms with Crippen molar-refractivity contribution >= 4 is 21.4 Å². The summed E-state index contributed by atoms with van der Waals surface area (Å²) in [6.45, 7) is 7.35. The van der Waals surface area contributed by atoms with Crippen LogP contribution in [0.2, 0.25) is 0 Å². The van der Waals surface area contributed by atoms with E-state index in [4.69, 9.17) is 4.74 Å². The molecule has 0 radical (unpaired) electrons. The summed E-state index contributed by atoms with van der Waals surface area (Å²) in [7, 11) is -1.70. The van der Waals surface area contributed by atoms with Crippen LogP contribution in [0.25, 0.3) is 0 Å². The highest BCUT2D eigenvalue weighted by atomic mass is 32.2. The molecule has 3 rings (SSSR count). The molecule has 1 aliphatic heterocycles. The summed E-state index contributed by atoms with van der Waals surface area (Å²) in [5, 5.41) is 0. The number of nitrogens with zero attached hydrogens (tertiary/aromatic N) is 1. The van der Waals surface area contributed by atoms with E-state index in [0.717, 1.165) is 12.2 Å². The van der Waals surface area contributed by atoms with E-state index >= 15 is 0 Å². The van der Waals surface area contributed by atoms with Crippen LogP contribution in [0.15, 0.2) is 41.3 Å². The van der Waals surface area contributed by atoms with E-state index in [9.17, 15) is 8.42 Å². The molecule has 0 saturated carbocycles. The molecule has 0 unspecified atom stereocenters. The van der Waals surface area contributed by atoms with Crippen LogP contribution in [0.1, 0.15) is 30.9 Å². The van der Waals surface area contributed by atoms with E-state index in [1.54, 1.807) is 25.1 Å². The second kappa shape index (κ2) is 6.59. The molecule has 0 bridgehead atoms. The number of hydrogen-bond acceptors (Lipinski definition) is 4. The normalized spacial score (nSPS) is 14.2. The van der Waals surface area contributed by atoms with Crippen molar-refractivity contribution in [2.75, 3.05) is 29.8 Å². The van der Waals surface area contributed by atoms with Gasteiger partial charge in [0.05, 0.1) is 17.1 Å². The van der Waals surface area contributed by atoms with Gasteiger partial charge in [0.1, 0.15) is 12.4 Å². The van der Waals surface area contributed by atoms with Gasteiger partial charge in [-0.25, -0.2) is 8.42 Å². The van der Waals surface area contributed by atoms with Gasteiger partial charge in [-0.05, 0) is 42.2 Å². The van der Waals surface area contributed by atoms with Gasteiger partial charge in [-0.15, -0.1) is 0 Å². The average molecular weight is 360 g/mol. The SMILES string of the molecule is Cc1cc2c(cc1S(=O)(=O)Nc1ccc(C(C)C)cc1)OCCN2C. The number of hydrogen-bond donors (Lipinski definition) is 1. The molecule has 1 heterocycles.